The molecule has 88 valence electrons. The minimum absolute atomic E-state index is 0.195. The molecule has 0 spiro atoms. The molecule has 16 heavy (non-hydrogen) atoms. The maximum Gasteiger partial charge on any atom is 0.336 e. The number of alkyl halides is 1. The highest BCUT2D eigenvalue weighted by Crippen LogP contribution is 2.25. The van der Waals surface area contributed by atoms with Gasteiger partial charge in [0, 0.05) is 18.5 Å². The predicted octanol–water partition coefficient (Wildman–Crippen LogP) is 2.05. The van der Waals surface area contributed by atoms with Gasteiger partial charge in [-0.25, -0.2) is 9.18 Å². The number of nitrogens with one attached hydrogen (secondary N) is 1. The summed E-state index contributed by atoms with van der Waals surface area (Å²) in [6.45, 7) is 3.70. The van der Waals surface area contributed by atoms with Crippen LogP contribution >= 0.6 is 11.6 Å². The van der Waals surface area contributed by atoms with E-state index in [1.54, 1.807) is 0 Å². The van der Waals surface area contributed by atoms with Crippen LogP contribution in [-0.2, 0) is 9.53 Å². The fourth-order valence-corrected chi connectivity index (χ4v) is 1.61. The van der Waals surface area contributed by atoms with Gasteiger partial charge >= 0.3 is 5.97 Å². The van der Waals surface area contributed by atoms with Gasteiger partial charge in [0.05, 0.1) is 7.11 Å². The summed E-state index contributed by atoms with van der Waals surface area (Å²) >= 11 is 5.61. The predicted molar refractivity (Wildman–Crippen MR) is 60.7 cm³/mol. The Morgan fingerprint density at radius 3 is 2.94 bits per heavy atom. The molecule has 3 nitrogen and oxygen atoms in total. The number of halogens is 2. The van der Waals surface area contributed by atoms with Crippen molar-refractivity contribution >= 4 is 17.6 Å². The van der Waals surface area contributed by atoms with Gasteiger partial charge in [-0.15, -0.1) is 11.6 Å². The second-order valence-electron chi connectivity index (χ2n) is 3.53. The van der Waals surface area contributed by atoms with Gasteiger partial charge in [-0.3, -0.25) is 0 Å². The van der Waals surface area contributed by atoms with Gasteiger partial charge in [0.25, 0.3) is 0 Å². The first-order valence-electron chi connectivity index (χ1n) is 4.67. The number of esters is 1. The summed E-state index contributed by atoms with van der Waals surface area (Å²) in [5.74, 6) is -0.857. The molecule has 0 saturated heterocycles. The minimum atomic E-state index is -1.24. The number of hydrogen-bond donors (Lipinski definition) is 1. The van der Waals surface area contributed by atoms with Crippen LogP contribution in [0.4, 0.5) is 4.39 Å². The molecular weight excluding hydrogens is 233 g/mol. The first-order chi connectivity index (χ1) is 7.54. The Balaban J connectivity index is 2.99. The minimum Gasteiger partial charge on any atom is -0.467 e. The average Bonchev–Trinajstić information content (AvgIpc) is 2.27. The Bertz CT molecular complexity index is 365. The van der Waals surface area contributed by atoms with Crippen LogP contribution in [-0.4, -0.2) is 24.5 Å². The maximum absolute atomic E-state index is 13.2. The van der Waals surface area contributed by atoms with Gasteiger partial charge in [-0.1, -0.05) is 12.2 Å². The molecule has 0 radical (unpaired) electrons. The lowest BCUT2D eigenvalue weighted by molar-refractivity contribution is -0.146. The summed E-state index contributed by atoms with van der Waals surface area (Å²) in [6, 6.07) is 0. The monoisotopic (exact) mass is 245 g/mol. The summed E-state index contributed by atoms with van der Waals surface area (Å²) in [4.78, 5) is 11.7. The molecule has 1 rings (SSSR count). The molecule has 0 aromatic rings. The standard InChI is InChI=1S/C11H13ClFNO2/c1-8(7-12)5-11(10(15)16-2)6-9(13)3-4-14-11/h3-4,6,14H,1,5,7H2,2H3/t11-/m1/s1. The molecule has 0 aromatic carbocycles. The zero-order valence-electron chi connectivity index (χ0n) is 8.93. The van der Waals surface area contributed by atoms with Gasteiger partial charge in [0.1, 0.15) is 5.83 Å². The van der Waals surface area contributed by atoms with Crippen molar-refractivity contribution < 1.29 is 13.9 Å². The van der Waals surface area contributed by atoms with Crippen LogP contribution in [0.15, 0.2) is 36.3 Å². The molecule has 0 saturated carbocycles. The maximum atomic E-state index is 13.2. The first kappa shape index (κ1) is 12.8. The third kappa shape index (κ3) is 2.64. The Hall–Kier alpha value is -1.29. The largest absolute Gasteiger partial charge is 0.467 e. The van der Waals surface area contributed by atoms with Crippen molar-refractivity contribution in [2.24, 2.45) is 0 Å². The summed E-state index contributed by atoms with van der Waals surface area (Å²) in [6.07, 6.45) is 3.97. The van der Waals surface area contributed by atoms with Crippen LogP contribution in [0.2, 0.25) is 0 Å². The first-order valence-corrected chi connectivity index (χ1v) is 5.21. The number of hydrogen-bond acceptors (Lipinski definition) is 3. The summed E-state index contributed by atoms with van der Waals surface area (Å²) < 4.78 is 17.8. The van der Waals surface area contributed by atoms with Crippen molar-refractivity contribution in [3.8, 4) is 0 Å². The van der Waals surface area contributed by atoms with Crippen LogP contribution in [0.3, 0.4) is 0 Å². The van der Waals surface area contributed by atoms with Gasteiger partial charge < -0.3 is 10.1 Å². The van der Waals surface area contributed by atoms with Crippen molar-refractivity contribution in [1.29, 1.82) is 0 Å². The molecule has 1 N–H and O–H groups in total. The van der Waals surface area contributed by atoms with Crippen molar-refractivity contribution in [2.75, 3.05) is 13.0 Å². The fourth-order valence-electron chi connectivity index (χ4n) is 1.51. The average molecular weight is 246 g/mol. The lowest BCUT2D eigenvalue weighted by Gasteiger charge is -2.30. The zero-order valence-corrected chi connectivity index (χ0v) is 9.68. The Labute approximate surface area is 98.6 Å². The van der Waals surface area contributed by atoms with Crippen molar-refractivity contribution in [3.05, 3.63) is 36.3 Å². The topological polar surface area (TPSA) is 38.3 Å². The number of carbonyl (C=O) groups is 1. The van der Waals surface area contributed by atoms with Crippen LogP contribution in [0.5, 0.6) is 0 Å². The number of dihydropyridines is 1. The van der Waals surface area contributed by atoms with E-state index in [0.29, 0.717) is 5.57 Å². The van der Waals surface area contributed by atoms with Crippen molar-refractivity contribution in [2.45, 2.75) is 12.0 Å². The van der Waals surface area contributed by atoms with Gasteiger partial charge in [0.2, 0.25) is 0 Å². The SMILES string of the molecule is C=C(CCl)C[C@]1(C(=O)OC)C=C(F)C=CN1. The van der Waals surface area contributed by atoms with Gasteiger partial charge in [-0.2, -0.15) is 0 Å². The van der Waals surface area contributed by atoms with E-state index in [-0.39, 0.29) is 12.3 Å². The van der Waals surface area contributed by atoms with E-state index in [1.165, 1.54) is 25.5 Å². The second-order valence-corrected chi connectivity index (χ2v) is 3.80. The summed E-state index contributed by atoms with van der Waals surface area (Å²) in [7, 11) is 1.25. The van der Waals surface area contributed by atoms with E-state index in [0.717, 1.165) is 0 Å². The molecule has 1 aliphatic rings. The van der Waals surface area contributed by atoms with Crippen LogP contribution in [0, 0.1) is 0 Å². The fraction of sp³-hybridized carbons (Fsp3) is 0.364. The lowest BCUT2D eigenvalue weighted by atomic mass is 9.89. The van der Waals surface area contributed by atoms with E-state index in [2.05, 4.69) is 16.6 Å². The van der Waals surface area contributed by atoms with Crippen molar-refractivity contribution in [1.82, 2.24) is 5.32 Å². The highest BCUT2D eigenvalue weighted by Gasteiger charge is 2.38. The Kier molecular flexibility index (Phi) is 4.12. The molecule has 0 bridgehead atoms. The second kappa shape index (κ2) is 5.16. The van der Waals surface area contributed by atoms with E-state index >= 15 is 0 Å². The smallest absolute Gasteiger partial charge is 0.336 e. The lowest BCUT2D eigenvalue weighted by Crippen LogP contribution is -2.50. The van der Waals surface area contributed by atoms with Gasteiger partial charge in [-0.05, 0) is 12.2 Å². The van der Waals surface area contributed by atoms with E-state index in [4.69, 9.17) is 11.6 Å². The number of methoxy groups -OCH3 is 1. The summed E-state index contributed by atoms with van der Waals surface area (Å²) in [5.41, 5.74) is -0.613. The van der Waals surface area contributed by atoms with Gasteiger partial charge in [0.15, 0.2) is 5.54 Å². The molecule has 0 amide bonds. The van der Waals surface area contributed by atoms with Crippen molar-refractivity contribution in [3.63, 3.8) is 0 Å². The quantitative estimate of drug-likeness (QED) is 0.468. The summed E-state index contributed by atoms with van der Waals surface area (Å²) in [5, 5.41) is 2.79. The number of ether oxygens (including phenoxy) is 1. The molecule has 5 heteroatoms. The van der Waals surface area contributed by atoms with E-state index in [9.17, 15) is 9.18 Å². The zero-order chi connectivity index (χ0) is 12.2. The molecule has 0 fully saturated rings. The molecule has 1 heterocycles. The van der Waals surface area contributed by atoms with E-state index in [1.807, 2.05) is 0 Å². The number of carbonyl (C=O) groups excluding carboxylic acids is 1. The number of rotatable bonds is 4. The molecule has 0 aliphatic carbocycles. The third-order valence-corrected chi connectivity index (χ3v) is 2.61. The molecule has 0 unspecified atom stereocenters. The Morgan fingerprint density at radius 2 is 2.44 bits per heavy atom. The molecular formula is C11H13ClFNO2. The highest BCUT2D eigenvalue weighted by atomic mass is 35.5. The van der Waals surface area contributed by atoms with Crippen LogP contribution in [0.25, 0.3) is 0 Å². The Morgan fingerprint density at radius 1 is 1.75 bits per heavy atom. The molecule has 1 atom stereocenters. The molecule has 1 aliphatic heterocycles. The third-order valence-electron chi connectivity index (χ3n) is 2.24. The number of allylic oxidation sites excluding steroid dienone is 2. The normalized spacial score (nSPS) is 23.3. The van der Waals surface area contributed by atoms with Crippen LogP contribution < -0.4 is 5.32 Å². The molecule has 0 aromatic heterocycles. The highest BCUT2D eigenvalue weighted by molar-refractivity contribution is 6.19. The van der Waals surface area contributed by atoms with Crippen LogP contribution in [0.1, 0.15) is 6.42 Å². The van der Waals surface area contributed by atoms with E-state index < -0.39 is 17.3 Å².